The minimum Gasteiger partial charge on any atom is -0.462 e. The maximum Gasteiger partial charge on any atom is 0.341 e. The van der Waals surface area contributed by atoms with E-state index in [9.17, 15) is 4.79 Å². The molecular formula is C20H26N4O2. The van der Waals surface area contributed by atoms with Crippen LogP contribution in [0.5, 0.6) is 0 Å². The van der Waals surface area contributed by atoms with Crippen molar-refractivity contribution in [1.29, 1.82) is 0 Å². The molecule has 3 heterocycles. The first kappa shape index (κ1) is 17.1. The lowest BCUT2D eigenvalue weighted by Gasteiger charge is -2.38. The van der Waals surface area contributed by atoms with Crippen molar-refractivity contribution in [2.75, 3.05) is 37.7 Å². The molecule has 2 saturated heterocycles. The third-order valence-corrected chi connectivity index (χ3v) is 5.38. The fraction of sp³-hybridized carbons (Fsp3) is 0.500. The average Bonchev–Trinajstić information content (AvgIpc) is 3.31. The number of carbonyl (C=O) groups excluding carboxylic acids is 1. The molecule has 1 aromatic carbocycles. The Morgan fingerprint density at radius 3 is 2.88 bits per heavy atom. The quantitative estimate of drug-likeness (QED) is 0.772. The fourth-order valence-corrected chi connectivity index (χ4v) is 3.99. The van der Waals surface area contributed by atoms with Gasteiger partial charge in [0, 0.05) is 37.6 Å². The Morgan fingerprint density at radius 1 is 1.23 bits per heavy atom. The topological polar surface area (TPSA) is 50.6 Å². The molecule has 1 atom stereocenters. The molecule has 0 spiro atoms. The number of fused-ring (bicyclic) bond motifs is 1. The second kappa shape index (κ2) is 7.50. The SMILES string of the molecule is CCOC(=O)c1cnn(Cc2ccc(N3CCN4CCCC4C3)cc2)c1. The molecule has 1 unspecified atom stereocenters. The van der Waals surface area contributed by atoms with E-state index in [1.165, 1.54) is 37.2 Å². The molecule has 0 bridgehead atoms. The van der Waals surface area contributed by atoms with Crippen molar-refractivity contribution in [2.45, 2.75) is 32.4 Å². The number of rotatable bonds is 5. The molecule has 1 aromatic heterocycles. The largest absolute Gasteiger partial charge is 0.462 e. The van der Waals surface area contributed by atoms with Gasteiger partial charge >= 0.3 is 5.97 Å². The van der Waals surface area contributed by atoms with Crippen LogP contribution >= 0.6 is 0 Å². The van der Waals surface area contributed by atoms with Crippen molar-refractivity contribution in [3.8, 4) is 0 Å². The zero-order chi connectivity index (χ0) is 17.9. The number of carbonyl (C=O) groups is 1. The summed E-state index contributed by atoms with van der Waals surface area (Å²) < 4.78 is 6.78. The highest BCUT2D eigenvalue weighted by Crippen LogP contribution is 2.25. The summed E-state index contributed by atoms with van der Waals surface area (Å²) in [5.41, 5.74) is 2.97. The van der Waals surface area contributed by atoms with E-state index < -0.39 is 0 Å². The van der Waals surface area contributed by atoms with Crippen LogP contribution in [-0.4, -0.2) is 59.5 Å². The molecule has 2 aromatic rings. The Kier molecular flexibility index (Phi) is 4.93. The third kappa shape index (κ3) is 3.60. The van der Waals surface area contributed by atoms with Gasteiger partial charge < -0.3 is 9.64 Å². The van der Waals surface area contributed by atoms with Crippen molar-refractivity contribution in [3.05, 3.63) is 47.8 Å². The molecule has 0 saturated carbocycles. The van der Waals surface area contributed by atoms with Gasteiger partial charge in [-0.05, 0) is 44.0 Å². The standard InChI is InChI=1S/C20H26N4O2/c1-2-26-20(25)17-12-21-24(14-17)13-16-5-7-18(8-6-16)23-11-10-22-9-3-4-19(22)15-23/h5-8,12,14,19H,2-4,9-11,13,15H2,1H3. The van der Waals surface area contributed by atoms with Gasteiger partial charge in [-0.25, -0.2) is 4.79 Å². The Hall–Kier alpha value is -2.34. The molecule has 0 amide bonds. The van der Waals surface area contributed by atoms with Gasteiger partial charge in [-0.1, -0.05) is 12.1 Å². The van der Waals surface area contributed by atoms with Crippen LogP contribution < -0.4 is 4.90 Å². The molecule has 2 fully saturated rings. The number of benzene rings is 1. The van der Waals surface area contributed by atoms with Gasteiger partial charge in [-0.3, -0.25) is 9.58 Å². The zero-order valence-electron chi connectivity index (χ0n) is 15.3. The van der Waals surface area contributed by atoms with Gasteiger partial charge in [0.05, 0.1) is 24.9 Å². The van der Waals surface area contributed by atoms with Crippen molar-refractivity contribution in [2.24, 2.45) is 0 Å². The van der Waals surface area contributed by atoms with E-state index in [2.05, 4.69) is 39.2 Å². The smallest absolute Gasteiger partial charge is 0.341 e. The molecule has 0 radical (unpaired) electrons. The van der Waals surface area contributed by atoms with E-state index in [1.54, 1.807) is 24.0 Å². The first-order valence-electron chi connectivity index (χ1n) is 9.50. The maximum atomic E-state index is 11.7. The summed E-state index contributed by atoms with van der Waals surface area (Å²) in [4.78, 5) is 16.9. The highest BCUT2D eigenvalue weighted by molar-refractivity contribution is 5.88. The number of ether oxygens (including phenoxy) is 1. The maximum absolute atomic E-state index is 11.7. The molecule has 2 aliphatic rings. The zero-order valence-corrected chi connectivity index (χ0v) is 15.3. The van der Waals surface area contributed by atoms with E-state index in [-0.39, 0.29) is 5.97 Å². The van der Waals surface area contributed by atoms with Crippen molar-refractivity contribution in [1.82, 2.24) is 14.7 Å². The number of hydrogen-bond donors (Lipinski definition) is 0. The number of nitrogens with zero attached hydrogens (tertiary/aromatic N) is 4. The van der Waals surface area contributed by atoms with Gasteiger partial charge in [0.1, 0.15) is 0 Å². The average molecular weight is 354 g/mol. The summed E-state index contributed by atoms with van der Waals surface area (Å²) in [6.45, 7) is 7.53. The number of anilines is 1. The predicted molar refractivity (Wildman–Crippen MR) is 101 cm³/mol. The monoisotopic (exact) mass is 354 g/mol. The fourth-order valence-electron chi connectivity index (χ4n) is 3.99. The van der Waals surface area contributed by atoms with Gasteiger partial charge in [0.15, 0.2) is 0 Å². The normalized spacial score (nSPS) is 20.2. The molecule has 26 heavy (non-hydrogen) atoms. The second-order valence-corrected chi connectivity index (χ2v) is 7.09. The molecule has 0 N–H and O–H groups in total. The predicted octanol–water partition coefficient (Wildman–Crippen LogP) is 2.39. The lowest BCUT2D eigenvalue weighted by Crippen LogP contribution is -2.50. The van der Waals surface area contributed by atoms with Crippen LogP contribution in [0.3, 0.4) is 0 Å². The van der Waals surface area contributed by atoms with Gasteiger partial charge in [0.25, 0.3) is 0 Å². The summed E-state index contributed by atoms with van der Waals surface area (Å²) in [6.07, 6.45) is 5.98. The lowest BCUT2D eigenvalue weighted by atomic mass is 10.1. The molecule has 2 aliphatic heterocycles. The summed E-state index contributed by atoms with van der Waals surface area (Å²) in [6, 6.07) is 9.45. The first-order valence-corrected chi connectivity index (χ1v) is 9.50. The van der Waals surface area contributed by atoms with Gasteiger partial charge in [-0.15, -0.1) is 0 Å². The Morgan fingerprint density at radius 2 is 2.08 bits per heavy atom. The van der Waals surface area contributed by atoms with Crippen molar-refractivity contribution < 1.29 is 9.53 Å². The Bertz CT molecular complexity index is 755. The highest BCUT2D eigenvalue weighted by Gasteiger charge is 2.30. The van der Waals surface area contributed by atoms with Crippen molar-refractivity contribution in [3.63, 3.8) is 0 Å². The molecular weight excluding hydrogens is 328 g/mol. The lowest BCUT2D eigenvalue weighted by molar-refractivity contribution is 0.0526. The van der Waals surface area contributed by atoms with E-state index in [0.29, 0.717) is 18.7 Å². The number of piperazine rings is 1. The minimum atomic E-state index is -0.319. The van der Waals surface area contributed by atoms with Gasteiger partial charge in [0.2, 0.25) is 0 Å². The Labute approximate surface area is 154 Å². The molecule has 6 heteroatoms. The van der Waals surface area contributed by atoms with Crippen LogP contribution in [0.4, 0.5) is 5.69 Å². The Balaban J connectivity index is 1.38. The van der Waals surface area contributed by atoms with Crippen molar-refractivity contribution >= 4 is 11.7 Å². The third-order valence-electron chi connectivity index (χ3n) is 5.38. The highest BCUT2D eigenvalue weighted by atomic mass is 16.5. The van der Waals surface area contributed by atoms with E-state index in [0.717, 1.165) is 19.1 Å². The van der Waals surface area contributed by atoms with Crippen LogP contribution in [0.2, 0.25) is 0 Å². The van der Waals surface area contributed by atoms with Crippen LogP contribution in [0.15, 0.2) is 36.7 Å². The molecule has 6 nitrogen and oxygen atoms in total. The molecule has 0 aliphatic carbocycles. The number of hydrogen-bond acceptors (Lipinski definition) is 5. The summed E-state index contributed by atoms with van der Waals surface area (Å²) >= 11 is 0. The van der Waals surface area contributed by atoms with Crippen LogP contribution in [0.1, 0.15) is 35.7 Å². The summed E-state index contributed by atoms with van der Waals surface area (Å²) in [5.74, 6) is -0.319. The molecule has 4 rings (SSSR count). The van der Waals surface area contributed by atoms with E-state index in [1.807, 2.05) is 0 Å². The minimum absolute atomic E-state index is 0.319. The van der Waals surface area contributed by atoms with Crippen LogP contribution in [0, 0.1) is 0 Å². The summed E-state index contributed by atoms with van der Waals surface area (Å²) in [7, 11) is 0. The number of aromatic nitrogens is 2. The van der Waals surface area contributed by atoms with Crippen LogP contribution in [-0.2, 0) is 11.3 Å². The first-order chi connectivity index (χ1) is 12.7. The number of esters is 1. The van der Waals surface area contributed by atoms with E-state index >= 15 is 0 Å². The second-order valence-electron chi connectivity index (χ2n) is 7.09. The van der Waals surface area contributed by atoms with Crippen LogP contribution in [0.25, 0.3) is 0 Å². The van der Waals surface area contributed by atoms with Gasteiger partial charge in [-0.2, -0.15) is 5.10 Å². The molecule has 138 valence electrons. The van der Waals surface area contributed by atoms with E-state index in [4.69, 9.17) is 4.74 Å². The summed E-state index contributed by atoms with van der Waals surface area (Å²) in [5, 5.41) is 4.26.